The summed E-state index contributed by atoms with van der Waals surface area (Å²) in [4.78, 5) is 42.5. The first-order chi connectivity index (χ1) is 15.7. The van der Waals surface area contributed by atoms with E-state index in [4.69, 9.17) is 0 Å². The molecule has 1 aromatic heterocycles. The number of nitrogens with zero attached hydrogens (tertiary/aromatic N) is 1. The number of aryl methyl sites for hydroxylation is 1. The summed E-state index contributed by atoms with van der Waals surface area (Å²) in [6, 6.07) is 7.30. The van der Waals surface area contributed by atoms with Crippen LogP contribution in [0.25, 0.3) is 0 Å². The van der Waals surface area contributed by atoms with E-state index in [0.29, 0.717) is 24.9 Å². The van der Waals surface area contributed by atoms with Crippen LogP contribution in [0.1, 0.15) is 31.4 Å². The smallest absolute Gasteiger partial charge is 0.289 e. The average Bonchev–Trinajstić information content (AvgIpc) is 2.80. The van der Waals surface area contributed by atoms with Gasteiger partial charge in [0.2, 0.25) is 21.7 Å². The summed E-state index contributed by atoms with van der Waals surface area (Å²) in [5, 5.41) is 5.18. The molecule has 0 saturated carbocycles. The summed E-state index contributed by atoms with van der Waals surface area (Å²) in [5.74, 6) is -2.67. The molecule has 0 radical (unpaired) electrons. The molecular weight excluding hydrogens is 444 g/mol. The molecule has 2 atom stereocenters. The van der Waals surface area contributed by atoms with Gasteiger partial charge in [-0.1, -0.05) is 38.1 Å². The number of rotatable bonds is 6. The highest BCUT2D eigenvalue weighted by Gasteiger charge is 2.33. The van der Waals surface area contributed by atoms with Crippen molar-refractivity contribution in [1.82, 2.24) is 20.3 Å². The normalized spacial score (nSPS) is 18.2. The first-order valence-electron chi connectivity index (χ1n) is 10.8. The summed E-state index contributed by atoms with van der Waals surface area (Å²) in [7, 11) is -3.97. The highest BCUT2D eigenvalue weighted by Crippen LogP contribution is 2.14. The Kier molecular flexibility index (Phi) is 7.93. The van der Waals surface area contributed by atoms with Crippen LogP contribution >= 0.6 is 0 Å². The number of pyridine rings is 1. The van der Waals surface area contributed by atoms with Gasteiger partial charge in [0.25, 0.3) is 5.91 Å². The molecule has 3 N–H and O–H groups in total. The maximum atomic E-state index is 13.1. The van der Waals surface area contributed by atoms with E-state index in [1.807, 2.05) is 6.07 Å². The first kappa shape index (κ1) is 24.5. The zero-order valence-corrected chi connectivity index (χ0v) is 19.4. The van der Waals surface area contributed by atoms with Gasteiger partial charge in [0, 0.05) is 25.4 Å². The van der Waals surface area contributed by atoms with E-state index in [1.54, 1.807) is 44.4 Å². The number of Topliss-reactive ketones (excluding diaryl/α,β-unsaturated/α-hetero) is 1. The van der Waals surface area contributed by atoms with Gasteiger partial charge in [-0.2, -0.15) is 4.72 Å². The van der Waals surface area contributed by atoms with E-state index in [-0.39, 0.29) is 11.3 Å². The standard InChI is InChI=1S/C23H28N4O5S/c1-15(2)20(27-33(31,32)18-8-4-3-5-9-18)22(29)26-19-12-17-11-16(13-24-14-17)7-6-10-25-23(30)21(19)28/h3-5,8-9,11,13-15,19-20,27H,6-7,10,12H2,1-2H3,(H,25,30)(H,26,29). The van der Waals surface area contributed by atoms with Gasteiger partial charge < -0.3 is 10.6 Å². The van der Waals surface area contributed by atoms with Crippen molar-refractivity contribution in [1.29, 1.82) is 0 Å². The molecular formula is C23H28N4O5S. The number of benzene rings is 1. The minimum Gasteiger partial charge on any atom is -0.349 e. The quantitative estimate of drug-likeness (QED) is 0.531. The van der Waals surface area contributed by atoms with Gasteiger partial charge in [0.1, 0.15) is 12.1 Å². The molecule has 1 aliphatic rings. The maximum absolute atomic E-state index is 13.1. The predicted octanol–water partition coefficient (Wildman–Crippen LogP) is 0.744. The summed E-state index contributed by atoms with van der Waals surface area (Å²) in [6.07, 6.45) is 4.73. The van der Waals surface area contributed by atoms with E-state index in [2.05, 4.69) is 20.3 Å². The highest BCUT2D eigenvalue weighted by atomic mass is 32.2. The zero-order chi connectivity index (χ0) is 24.0. The van der Waals surface area contributed by atoms with Gasteiger partial charge in [-0.25, -0.2) is 8.42 Å². The van der Waals surface area contributed by atoms with E-state index < -0.39 is 45.6 Å². The molecule has 3 rings (SSSR count). The van der Waals surface area contributed by atoms with Crippen LogP contribution in [0.15, 0.2) is 53.7 Å². The van der Waals surface area contributed by atoms with Crippen molar-refractivity contribution in [2.24, 2.45) is 5.92 Å². The van der Waals surface area contributed by atoms with Crippen LogP contribution < -0.4 is 15.4 Å². The Labute approximate surface area is 193 Å². The highest BCUT2D eigenvalue weighted by molar-refractivity contribution is 7.89. The lowest BCUT2D eigenvalue weighted by Crippen LogP contribution is -2.56. The summed E-state index contributed by atoms with van der Waals surface area (Å²) in [5.41, 5.74) is 1.67. The number of ketones is 1. The number of aromatic nitrogens is 1. The number of sulfonamides is 1. The summed E-state index contributed by atoms with van der Waals surface area (Å²) in [6.45, 7) is 3.70. The van der Waals surface area contributed by atoms with Crippen molar-refractivity contribution in [3.8, 4) is 0 Å². The predicted molar refractivity (Wildman–Crippen MR) is 122 cm³/mol. The summed E-state index contributed by atoms with van der Waals surface area (Å²) < 4.78 is 28.0. The van der Waals surface area contributed by atoms with Crippen molar-refractivity contribution >= 4 is 27.6 Å². The molecule has 0 saturated heterocycles. The molecule has 2 bridgehead atoms. The lowest BCUT2D eigenvalue weighted by Gasteiger charge is -2.25. The van der Waals surface area contributed by atoms with Gasteiger partial charge in [-0.3, -0.25) is 19.4 Å². The molecule has 1 aromatic carbocycles. The second-order valence-electron chi connectivity index (χ2n) is 8.35. The molecule has 2 unspecified atom stereocenters. The Morgan fingerprint density at radius 2 is 1.82 bits per heavy atom. The topological polar surface area (TPSA) is 134 Å². The minimum absolute atomic E-state index is 0.0248. The number of amides is 2. The molecule has 2 aromatic rings. The van der Waals surface area contributed by atoms with Gasteiger partial charge >= 0.3 is 0 Å². The van der Waals surface area contributed by atoms with Crippen molar-refractivity contribution in [3.63, 3.8) is 0 Å². The zero-order valence-electron chi connectivity index (χ0n) is 18.6. The fourth-order valence-electron chi connectivity index (χ4n) is 3.56. The van der Waals surface area contributed by atoms with Crippen molar-refractivity contribution in [2.45, 2.75) is 50.1 Å². The first-order valence-corrected chi connectivity index (χ1v) is 12.3. The number of hydrogen-bond donors (Lipinski definition) is 3. The van der Waals surface area contributed by atoms with Crippen molar-refractivity contribution in [2.75, 3.05) is 6.54 Å². The molecule has 33 heavy (non-hydrogen) atoms. The molecule has 10 heteroatoms. The van der Waals surface area contributed by atoms with Crippen LogP contribution in [0.5, 0.6) is 0 Å². The summed E-state index contributed by atoms with van der Waals surface area (Å²) >= 11 is 0. The number of nitrogens with one attached hydrogen (secondary N) is 3. The third-order valence-corrected chi connectivity index (χ3v) is 6.82. The van der Waals surface area contributed by atoms with Crippen LogP contribution in [0.4, 0.5) is 0 Å². The van der Waals surface area contributed by atoms with Crippen LogP contribution in [0.2, 0.25) is 0 Å². The van der Waals surface area contributed by atoms with Gasteiger partial charge in [-0.15, -0.1) is 0 Å². The SMILES string of the molecule is CC(C)C(NS(=O)(=O)c1ccccc1)C(=O)NC1Cc2cncc(c2)CCCNC(=O)C1=O. The van der Waals surface area contributed by atoms with Gasteiger partial charge in [0.05, 0.1) is 4.90 Å². The Morgan fingerprint density at radius 3 is 2.52 bits per heavy atom. The van der Waals surface area contributed by atoms with Gasteiger partial charge in [-0.05, 0) is 42.0 Å². The second kappa shape index (κ2) is 10.7. The largest absolute Gasteiger partial charge is 0.349 e. The van der Waals surface area contributed by atoms with E-state index >= 15 is 0 Å². The average molecular weight is 473 g/mol. The lowest BCUT2D eigenvalue weighted by atomic mass is 9.99. The van der Waals surface area contributed by atoms with Crippen LogP contribution in [-0.4, -0.2) is 49.6 Å². The van der Waals surface area contributed by atoms with E-state index in [0.717, 1.165) is 5.56 Å². The van der Waals surface area contributed by atoms with Gasteiger partial charge in [0.15, 0.2) is 0 Å². The molecule has 0 spiro atoms. The molecule has 2 heterocycles. The number of carbonyl (C=O) groups is 3. The molecule has 1 aliphatic heterocycles. The Bertz CT molecular complexity index is 1120. The van der Waals surface area contributed by atoms with Crippen LogP contribution in [-0.2, 0) is 37.2 Å². The molecule has 0 aliphatic carbocycles. The van der Waals surface area contributed by atoms with Crippen molar-refractivity contribution in [3.05, 3.63) is 59.9 Å². The maximum Gasteiger partial charge on any atom is 0.289 e. The Morgan fingerprint density at radius 1 is 1.12 bits per heavy atom. The van der Waals surface area contributed by atoms with Crippen LogP contribution in [0, 0.1) is 5.92 Å². The number of fused-ring (bicyclic) bond motifs is 2. The fraction of sp³-hybridized carbons (Fsp3) is 0.391. The number of hydrogen-bond acceptors (Lipinski definition) is 6. The molecule has 9 nitrogen and oxygen atoms in total. The third-order valence-electron chi connectivity index (χ3n) is 5.36. The molecule has 2 amide bonds. The van der Waals surface area contributed by atoms with Crippen LogP contribution in [0.3, 0.4) is 0 Å². The molecule has 0 fully saturated rings. The number of carbonyl (C=O) groups excluding carboxylic acids is 3. The second-order valence-corrected chi connectivity index (χ2v) is 10.1. The van der Waals surface area contributed by atoms with E-state index in [9.17, 15) is 22.8 Å². The Balaban J connectivity index is 1.83. The van der Waals surface area contributed by atoms with Crippen molar-refractivity contribution < 1.29 is 22.8 Å². The monoisotopic (exact) mass is 472 g/mol. The Hall–Kier alpha value is -3.11. The lowest BCUT2D eigenvalue weighted by molar-refractivity contribution is -0.140. The minimum atomic E-state index is -3.97. The van der Waals surface area contributed by atoms with E-state index in [1.165, 1.54) is 12.1 Å². The molecule has 176 valence electrons. The third kappa shape index (κ3) is 6.45. The fourth-order valence-corrected chi connectivity index (χ4v) is 4.93.